The summed E-state index contributed by atoms with van der Waals surface area (Å²) < 4.78 is 6.68. The van der Waals surface area contributed by atoms with Crippen molar-refractivity contribution < 1.29 is 14.1 Å². The molecule has 3 heteroatoms. The van der Waals surface area contributed by atoms with Crippen LogP contribution < -0.4 is 4.57 Å². The van der Waals surface area contributed by atoms with E-state index in [0.29, 0.717) is 0 Å². The average molecular weight is 128 g/mol. The molecule has 0 aliphatic rings. The molecule has 0 saturated carbocycles. The standard InChI is InChI=1S/C6H10NO2/c8-4-1-2-7-3-5-9-6-7/h3,5-6,8H,1-2,4H2/q+1. The van der Waals surface area contributed by atoms with Gasteiger partial charge < -0.3 is 9.52 Å². The normalized spacial score (nSPS) is 9.89. The Kier molecular flexibility index (Phi) is 2.27. The van der Waals surface area contributed by atoms with Gasteiger partial charge in [0, 0.05) is 13.0 Å². The zero-order chi connectivity index (χ0) is 6.53. The van der Waals surface area contributed by atoms with Crippen molar-refractivity contribution in [3.8, 4) is 0 Å². The summed E-state index contributed by atoms with van der Waals surface area (Å²) in [6.07, 6.45) is 5.84. The van der Waals surface area contributed by atoms with Crippen LogP contribution in [0.2, 0.25) is 0 Å². The van der Waals surface area contributed by atoms with Crippen LogP contribution in [0.1, 0.15) is 6.42 Å². The van der Waals surface area contributed by atoms with Gasteiger partial charge in [0.15, 0.2) is 12.8 Å². The molecule has 0 aliphatic carbocycles. The number of hydrogen-bond acceptors (Lipinski definition) is 2. The molecule has 3 nitrogen and oxygen atoms in total. The second kappa shape index (κ2) is 3.25. The molecule has 0 atom stereocenters. The lowest BCUT2D eigenvalue weighted by Gasteiger charge is -1.85. The molecule has 1 rings (SSSR count). The lowest BCUT2D eigenvalue weighted by molar-refractivity contribution is -0.700. The van der Waals surface area contributed by atoms with Gasteiger partial charge in [-0.25, -0.2) is 0 Å². The summed E-state index contributed by atoms with van der Waals surface area (Å²) in [6.45, 7) is 1.06. The molecule has 0 amide bonds. The lowest BCUT2D eigenvalue weighted by Crippen LogP contribution is -2.30. The van der Waals surface area contributed by atoms with Gasteiger partial charge in [-0.3, -0.25) is 0 Å². The van der Waals surface area contributed by atoms with Crippen molar-refractivity contribution in [3.63, 3.8) is 0 Å². The zero-order valence-corrected chi connectivity index (χ0v) is 5.16. The summed E-state index contributed by atoms with van der Waals surface area (Å²) in [5.74, 6) is 0. The van der Waals surface area contributed by atoms with Gasteiger partial charge in [0.2, 0.25) is 6.20 Å². The van der Waals surface area contributed by atoms with Crippen LogP contribution >= 0.6 is 0 Å². The molecule has 1 aromatic heterocycles. The molecule has 0 aliphatic heterocycles. The van der Waals surface area contributed by atoms with Gasteiger partial charge in [0.25, 0.3) is 0 Å². The van der Waals surface area contributed by atoms with Crippen molar-refractivity contribution in [2.24, 2.45) is 0 Å². The minimum absolute atomic E-state index is 0.234. The molecule has 0 spiro atoms. The SMILES string of the molecule is OCCC[n+]1ccoc1. The van der Waals surface area contributed by atoms with Crippen molar-refractivity contribution in [1.82, 2.24) is 0 Å². The molecule has 1 N–H and O–H groups in total. The van der Waals surface area contributed by atoms with Crippen molar-refractivity contribution in [1.29, 1.82) is 0 Å². The molecular weight excluding hydrogens is 118 g/mol. The zero-order valence-electron chi connectivity index (χ0n) is 5.16. The van der Waals surface area contributed by atoms with E-state index < -0.39 is 0 Å². The highest BCUT2D eigenvalue weighted by molar-refractivity contribution is 4.46. The van der Waals surface area contributed by atoms with Gasteiger partial charge >= 0.3 is 6.39 Å². The number of rotatable bonds is 3. The van der Waals surface area contributed by atoms with Gasteiger partial charge in [-0.1, -0.05) is 0 Å². The fourth-order valence-electron chi connectivity index (χ4n) is 0.642. The van der Waals surface area contributed by atoms with Crippen molar-refractivity contribution in [3.05, 3.63) is 18.9 Å². The van der Waals surface area contributed by atoms with E-state index in [-0.39, 0.29) is 6.61 Å². The van der Waals surface area contributed by atoms with Crippen molar-refractivity contribution in [2.45, 2.75) is 13.0 Å². The van der Waals surface area contributed by atoms with E-state index in [1.54, 1.807) is 12.7 Å². The van der Waals surface area contributed by atoms with Crippen LogP contribution in [0.25, 0.3) is 0 Å². The molecule has 0 fully saturated rings. The van der Waals surface area contributed by atoms with Crippen LogP contribution in [0.4, 0.5) is 0 Å². The van der Waals surface area contributed by atoms with Crippen LogP contribution in [0.15, 0.2) is 23.3 Å². The van der Waals surface area contributed by atoms with Gasteiger partial charge in [-0.2, -0.15) is 4.57 Å². The summed E-state index contributed by atoms with van der Waals surface area (Å²) >= 11 is 0. The first kappa shape index (κ1) is 6.29. The highest BCUT2D eigenvalue weighted by Gasteiger charge is 1.97. The maximum Gasteiger partial charge on any atom is 0.334 e. The topological polar surface area (TPSA) is 37.2 Å². The first-order valence-corrected chi connectivity index (χ1v) is 2.95. The number of hydrogen-bond donors (Lipinski definition) is 1. The third-order valence-corrected chi connectivity index (χ3v) is 1.10. The summed E-state index contributed by atoms with van der Waals surface area (Å²) in [7, 11) is 0. The molecule has 0 unspecified atom stereocenters. The predicted octanol–water partition coefficient (Wildman–Crippen LogP) is -0.0505. The highest BCUT2D eigenvalue weighted by atomic mass is 16.3. The first-order valence-electron chi connectivity index (χ1n) is 2.95. The van der Waals surface area contributed by atoms with E-state index >= 15 is 0 Å². The van der Waals surface area contributed by atoms with E-state index in [0.717, 1.165) is 13.0 Å². The maximum atomic E-state index is 8.42. The lowest BCUT2D eigenvalue weighted by atomic mass is 10.4. The van der Waals surface area contributed by atoms with Crippen LogP contribution in [-0.2, 0) is 6.54 Å². The van der Waals surface area contributed by atoms with Crippen LogP contribution in [0.3, 0.4) is 0 Å². The smallest absolute Gasteiger partial charge is 0.334 e. The van der Waals surface area contributed by atoms with E-state index in [9.17, 15) is 0 Å². The number of aliphatic hydroxyl groups is 1. The Hall–Kier alpha value is -0.830. The third kappa shape index (κ3) is 1.85. The van der Waals surface area contributed by atoms with Crippen molar-refractivity contribution in [2.75, 3.05) is 6.61 Å². The van der Waals surface area contributed by atoms with E-state index in [4.69, 9.17) is 9.52 Å². The minimum atomic E-state index is 0.234. The Morgan fingerprint density at radius 1 is 1.56 bits per heavy atom. The van der Waals surface area contributed by atoms with Crippen LogP contribution in [0.5, 0.6) is 0 Å². The minimum Gasteiger partial charge on any atom is -0.412 e. The second-order valence-corrected chi connectivity index (χ2v) is 1.84. The number of aryl methyl sites for hydroxylation is 1. The second-order valence-electron chi connectivity index (χ2n) is 1.84. The predicted molar refractivity (Wildman–Crippen MR) is 30.6 cm³/mol. The Morgan fingerprint density at radius 3 is 3.00 bits per heavy atom. The van der Waals surface area contributed by atoms with Crippen LogP contribution in [0, 0.1) is 0 Å². The fraction of sp³-hybridized carbons (Fsp3) is 0.500. The summed E-state index contributed by atoms with van der Waals surface area (Å²) in [4.78, 5) is 0. The molecule has 1 heterocycles. The Bertz CT molecular complexity index is 148. The quantitative estimate of drug-likeness (QED) is 0.579. The van der Waals surface area contributed by atoms with E-state index in [2.05, 4.69) is 0 Å². The molecule has 0 aromatic carbocycles. The average Bonchev–Trinajstić information content (AvgIpc) is 2.34. The highest BCUT2D eigenvalue weighted by Crippen LogP contribution is 1.79. The summed E-state index contributed by atoms with van der Waals surface area (Å²) in [5, 5.41) is 8.42. The van der Waals surface area contributed by atoms with Gasteiger partial charge in [-0.15, -0.1) is 0 Å². The molecule has 9 heavy (non-hydrogen) atoms. The van der Waals surface area contributed by atoms with Crippen molar-refractivity contribution >= 4 is 0 Å². The van der Waals surface area contributed by atoms with Gasteiger partial charge in [0.1, 0.15) is 0 Å². The molecule has 50 valence electrons. The summed E-state index contributed by atoms with van der Waals surface area (Å²) in [5.41, 5.74) is 0. The van der Waals surface area contributed by atoms with E-state index in [1.165, 1.54) is 0 Å². The molecule has 1 aromatic rings. The molecule has 0 radical (unpaired) electrons. The Balaban J connectivity index is 2.30. The number of aromatic nitrogens is 1. The van der Waals surface area contributed by atoms with E-state index in [1.807, 2.05) is 10.8 Å². The Morgan fingerprint density at radius 2 is 2.44 bits per heavy atom. The third-order valence-electron chi connectivity index (χ3n) is 1.10. The monoisotopic (exact) mass is 128 g/mol. The molecule has 0 bridgehead atoms. The Labute approximate surface area is 53.5 Å². The number of oxazole rings is 1. The van der Waals surface area contributed by atoms with Gasteiger partial charge in [0.05, 0.1) is 0 Å². The maximum absolute atomic E-state index is 8.42. The molecule has 0 saturated heterocycles. The summed E-state index contributed by atoms with van der Waals surface area (Å²) in [6, 6.07) is 0. The fourth-order valence-corrected chi connectivity index (χ4v) is 0.642. The number of aliphatic hydroxyl groups excluding tert-OH is 1. The number of nitrogens with zero attached hydrogens (tertiary/aromatic N) is 1. The largest absolute Gasteiger partial charge is 0.412 e. The van der Waals surface area contributed by atoms with Gasteiger partial charge in [-0.05, 0) is 0 Å². The first-order chi connectivity index (χ1) is 4.43. The van der Waals surface area contributed by atoms with Crippen LogP contribution in [-0.4, -0.2) is 11.7 Å². The molecular formula is C6H10NO2+.